The summed E-state index contributed by atoms with van der Waals surface area (Å²) in [4.78, 5) is 18.5. The standard InChI is InChI=1S/C14H25N7O/c1-3-19(4-2)14(22)20-9-7-18(8-10-20)11-13-15-16-17-21(13)12-5-6-12/h12H,3-11H2,1-2H3. The molecule has 0 radical (unpaired) electrons. The molecule has 8 heteroatoms. The van der Waals surface area contributed by atoms with Crippen molar-refractivity contribution < 1.29 is 4.79 Å². The lowest BCUT2D eigenvalue weighted by molar-refractivity contribution is 0.110. The Kier molecular flexibility index (Phi) is 4.56. The van der Waals surface area contributed by atoms with Gasteiger partial charge >= 0.3 is 6.03 Å². The van der Waals surface area contributed by atoms with Gasteiger partial charge < -0.3 is 9.80 Å². The van der Waals surface area contributed by atoms with Crippen molar-refractivity contribution in [1.82, 2.24) is 34.9 Å². The second-order valence-electron chi connectivity index (χ2n) is 5.99. The molecule has 2 amide bonds. The first-order valence-electron chi connectivity index (χ1n) is 8.25. The van der Waals surface area contributed by atoms with Gasteiger partial charge in [-0.05, 0) is 37.1 Å². The molecule has 0 unspecified atom stereocenters. The summed E-state index contributed by atoms with van der Waals surface area (Å²) >= 11 is 0. The highest BCUT2D eigenvalue weighted by atomic mass is 16.2. The van der Waals surface area contributed by atoms with Crippen molar-refractivity contribution in [2.24, 2.45) is 0 Å². The number of aromatic nitrogens is 4. The van der Waals surface area contributed by atoms with E-state index in [1.165, 1.54) is 12.8 Å². The lowest BCUT2D eigenvalue weighted by Crippen LogP contribution is -2.52. The smallest absolute Gasteiger partial charge is 0.320 e. The molecule has 122 valence electrons. The van der Waals surface area contributed by atoms with Crippen LogP contribution in [0, 0.1) is 0 Å². The number of hydrogen-bond donors (Lipinski definition) is 0. The van der Waals surface area contributed by atoms with E-state index >= 15 is 0 Å². The van der Waals surface area contributed by atoms with Crippen LogP contribution in [-0.2, 0) is 6.54 Å². The maximum atomic E-state index is 12.3. The minimum Gasteiger partial charge on any atom is -0.325 e. The summed E-state index contributed by atoms with van der Waals surface area (Å²) in [6.45, 7) is 9.68. The zero-order valence-electron chi connectivity index (χ0n) is 13.5. The maximum absolute atomic E-state index is 12.3. The van der Waals surface area contributed by atoms with Gasteiger partial charge in [-0.2, -0.15) is 0 Å². The number of rotatable bonds is 5. The molecule has 3 rings (SSSR count). The molecule has 1 aliphatic carbocycles. The number of tetrazole rings is 1. The SMILES string of the molecule is CCN(CC)C(=O)N1CCN(Cc2nnnn2C2CC2)CC1. The van der Waals surface area contributed by atoms with Crippen molar-refractivity contribution >= 4 is 6.03 Å². The predicted molar refractivity (Wildman–Crippen MR) is 81.3 cm³/mol. The number of carbonyl (C=O) groups is 1. The minimum absolute atomic E-state index is 0.160. The van der Waals surface area contributed by atoms with E-state index in [0.29, 0.717) is 6.04 Å². The number of piperazine rings is 1. The highest BCUT2D eigenvalue weighted by Gasteiger charge is 2.29. The fraction of sp³-hybridized carbons (Fsp3) is 0.857. The van der Waals surface area contributed by atoms with E-state index in [-0.39, 0.29) is 6.03 Å². The molecule has 2 fully saturated rings. The van der Waals surface area contributed by atoms with Crippen LogP contribution in [0.5, 0.6) is 0 Å². The summed E-state index contributed by atoms with van der Waals surface area (Å²) in [6, 6.07) is 0.669. The van der Waals surface area contributed by atoms with Gasteiger partial charge in [0.1, 0.15) is 0 Å². The fourth-order valence-corrected chi connectivity index (χ4v) is 2.91. The molecule has 1 aromatic rings. The second-order valence-corrected chi connectivity index (χ2v) is 5.99. The van der Waals surface area contributed by atoms with Gasteiger partial charge in [0.25, 0.3) is 0 Å². The monoisotopic (exact) mass is 307 g/mol. The summed E-state index contributed by atoms with van der Waals surface area (Å²) in [5.74, 6) is 0.950. The van der Waals surface area contributed by atoms with Gasteiger partial charge in [0.05, 0.1) is 12.6 Å². The van der Waals surface area contributed by atoms with Gasteiger partial charge in [-0.15, -0.1) is 5.10 Å². The van der Waals surface area contributed by atoms with Crippen molar-refractivity contribution in [2.75, 3.05) is 39.3 Å². The van der Waals surface area contributed by atoms with Gasteiger partial charge in [-0.25, -0.2) is 9.48 Å². The van der Waals surface area contributed by atoms with Crippen LogP contribution in [-0.4, -0.2) is 80.2 Å². The largest absolute Gasteiger partial charge is 0.325 e. The molecule has 1 aliphatic heterocycles. The molecule has 1 aromatic heterocycles. The van der Waals surface area contributed by atoms with Crippen molar-refractivity contribution in [3.8, 4) is 0 Å². The van der Waals surface area contributed by atoms with Gasteiger partial charge in [-0.3, -0.25) is 4.90 Å². The molecule has 2 aliphatic rings. The van der Waals surface area contributed by atoms with Gasteiger partial charge in [0.15, 0.2) is 5.82 Å². The maximum Gasteiger partial charge on any atom is 0.320 e. The van der Waals surface area contributed by atoms with E-state index in [1.54, 1.807) is 0 Å². The Hall–Kier alpha value is -1.70. The highest BCUT2D eigenvalue weighted by Crippen LogP contribution is 2.34. The molecular formula is C14H25N7O. The quantitative estimate of drug-likeness (QED) is 0.796. The number of carbonyl (C=O) groups excluding carboxylic acids is 1. The first-order valence-corrected chi connectivity index (χ1v) is 8.25. The Labute approximate surface area is 131 Å². The molecule has 8 nitrogen and oxygen atoms in total. The average Bonchev–Trinajstić information content (AvgIpc) is 3.29. The summed E-state index contributed by atoms with van der Waals surface area (Å²) < 4.78 is 1.97. The zero-order chi connectivity index (χ0) is 15.5. The van der Waals surface area contributed by atoms with Crippen molar-refractivity contribution in [1.29, 1.82) is 0 Å². The summed E-state index contributed by atoms with van der Waals surface area (Å²) in [7, 11) is 0. The van der Waals surface area contributed by atoms with Crippen LogP contribution in [0.4, 0.5) is 4.79 Å². The van der Waals surface area contributed by atoms with Crippen LogP contribution in [0.15, 0.2) is 0 Å². The molecule has 1 saturated carbocycles. The lowest BCUT2D eigenvalue weighted by atomic mass is 10.3. The lowest BCUT2D eigenvalue weighted by Gasteiger charge is -2.36. The van der Waals surface area contributed by atoms with Gasteiger partial charge in [0.2, 0.25) is 0 Å². The van der Waals surface area contributed by atoms with E-state index < -0.39 is 0 Å². The molecule has 0 bridgehead atoms. The van der Waals surface area contributed by atoms with Crippen LogP contribution >= 0.6 is 0 Å². The molecular weight excluding hydrogens is 282 g/mol. The molecule has 2 heterocycles. The van der Waals surface area contributed by atoms with Crippen molar-refractivity contribution in [3.05, 3.63) is 5.82 Å². The number of amides is 2. The minimum atomic E-state index is 0.160. The highest BCUT2D eigenvalue weighted by molar-refractivity contribution is 5.74. The second kappa shape index (κ2) is 6.60. The summed E-state index contributed by atoms with van der Waals surface area (Å²) in [5.41, 5.74) is 0. The average molecular weight is 307 g/mol. The summed E-state index contributed by atoms with van der Waals surface area (Å²) in [6.07, 6.45) is 2.37. The molecule has 22 heavy (non-hydrogen) atoms. The Morgan fingerprint density at radius 3 is 2.45 bits per heavy atom. The van der Waals surface area contributed by atoms with Crippen LogP contribution in [0.3, 0.4) is 0 Å². The van der Waals surface area contributed by atoms with E-state index in [9.17, 15) is 4.79 Å². The normalized spacial score (nSPS) is 19.5. The Morgan fingerprint density at radius 1 is 1.18 bits per heavy atom. The molecule has 1 saturated heterocycles. The van der Waals surface area contributed by atoms with E-state index in [1.807, 2.05) is 28.3 Å². The van der Waals surface area contributed by atoms with Gasteiger partial charge in [-0.1, -0.05) is 0 Å². The summed E-state index contributed by atoms with van der Waals surface area (Å²) in [5, 5.41) is 12.0. The predicted octanol–water partition coefficient (Wildman–Crippen LogP) is 0.587. The van der Waals surface area contributed by atoms with Crippen molar-refractivity contribution in [2.45, 2.75) is 39.3 Å². The molecule has 0 aromatic carbocycles. The van der Waals surface area contributed by atoms with Crippen molar-refractivity contribution in [3.63, 3.8) is 0 Å². The third kappa shape index (κ3) is 3.21. The topological polar surface area (TPSA) is 70.4 Å². The van der Waals surface area contributed by atoms with E-state index in [4.69, 9.17) is 0 Å². The first kappa shape index (κ1) is 15.2. The third-order valence-electron chi connectivity index (χ3n) is 4.50. The number of urea groups is 1. The third-order valence-corrected chi connectivity index (χ3v) is 4.50. The first-order chi connectivity index (χ1) is 10.7. The Balaban J connectivity index is 1.51. The molecule has 0 atom stereocenters. The molecule has 0 spiro atoms. The molecule has 0 N–H and O–H groups in total. The Bertz CT molecular complexity index is 501. The van der Waals surface area contributed by atoms with E-state index in [0.717, 1.165) is 51.6 Å². The van der Waals surface area contributed by atoms with Crippen LogP contribution in [0.25, 0.3) is 0 Å². The fourth-order valence-electron chi connectivity index (χ4n) is 2.91. The van der Waals surface area contributed by atoms with Crippen LogP contribution < -0.4 is 0 Å². The number of hydrogen-bond acceptors (Lipinski definition) is 5. The number of nitrogens with zero attached hydrogens (tertiary/aromatic N) is 7. The van der Waals surface area contributed by atoms with Crippen LogP contribution in [0.2, 0.25) is 0 Å². The van der Waals surface area contributed by atoms with Crippen LogP contribution in [0.1, 0.15) is 38.6 Å². The van der Waals surface area contributed by atoms with E-state index in [2.05, 4.69) is 20.4 Å². The van der Waals surface area contributed by atoms with Gasteiger partial charge in [0, 0.05) is 39.3 Å². The zero-order valence-corrected chi connectivity index (χ0v) is 13.5. The Morgan fingerprint density at radius 2 is 1.86 bits per heavy atom.